The second-order valence-corrected chi connectivity index (χ2v) is 4.53. The smallest absolute Gasteiger partial charge is 0.278 e. The van der Waals surface area contributed by atoms with Crippen molar-refractivity contribution in [3.8, 4) is 0 Å². The third-order valence-electron chi connectivity index (χ3n) is 3.16. The Hall–Kier alpha value is -2.55. The summed E-state index contributed by atoms with van der Waals surface area (Å²) in [6.45, 7) is 0.632. The van der Waals surface area contributed by atoms with Crippen LogP contribution in [0.4, 0.5) is 17.1 Å². The molecule has 2 rings (SSSR count). The number of carbonyl (C=O) groups excluding carboxylic acids is 1. The predicted molar refractivity (Wildman–Crippen MR) is 69.3 cm³/mol. The molecule has 1 aromatic rings. The van der Waals surface area contributed by atoms with Crippen molar-refractivity contribution in [1.29, 1.82) is 0 Å². The number of amides is 1. The summed E-state index contributed by atoms with van der Waals surface area (Å²) in [5.74, 6) is -0.281. The second kappa shape index (κ2) is 5.21. The van der Waals surface area contributed by atoms with Gasteiger partial charge in [0.1, 0.15) is 0 Å². The molecule has 0 radical (unpaired) electrons. The first-order valence-corrected chi connectivity index (χ1v) is 5.86. The molecule has 2 N–H and O–H groups in total. The number of nitrogens with zero attached hydrogens (tertiary/aromatic N) is 3. The maximum atomic E-state index is 11.8. The normalized spacial score (nSPS) is 18.4. The fourth-order valence-electron chi connectivity index (χ4n) is 2.14. The summed E-state index contributed by atoms with van der Waals surface area (Å²) in [6.07, 6.45) is 0.243. The van der Waals surface area contributed by atoms with Crippen LogP contribution in [-0.4, -0.2) is 28.8 Å². The SMILES string of the molecule is NCC1CC(=O)N(c2cc([N+](=O)[O-])cc([N+](=O)[O-])c2)C1. The summed E-state index contributed by atoms with van der Waals surface area (Å²) >= 11 is 0. The Bertz CT molecular complexity index is 556. The summed E-state index contributed by atoms with van der Waals surface area (Å²) in [4.78, 5) is 33.3. The topological polar surface area (TPSA) is 133 Å². The number of non-ortho nitro benzene ring substituents is 2. The van der Waals surface area contributed by atoms with Gasteiger partial charge in [-0.2, -0.15) is 0 Å². The Morgan fingerprint density at radius 3 is 2.15 bits per heavy atom. The molecule has 0 aromatic heterocycles. The fourth-order valence-corrected chi connectivity index (χ4v) is 2.14. The first kappa shape index (κ1) is 13.9. The van der Waals surface area contributed by atoms with E-state index in [-0.39, 0.29) is 23.9 Å². The third-order valence-corrected chi connectivity index (χ3v) is 3.16. The predicted octanol–water partition coefficient (Wildman–Crippen LogP) is 0.815. The highest BCUT2D eigenvalue weighted by Crippen LogP contribution is 2.31. The molecule has 0 aliphatic carbocycles. The molecule has 1 atom stereocenters. The molecule has 1 aromatic carbocycles. The van der Waals surface area contributed by atoms with Gasteiger partial charge < -0.3 is 10.6 Å². The lowest BCUT2D eigenvalue weighted by Gasteiger charge is -2.16. The van der Waals surface area contributed by atoms with Crippen LogP contribution in [-0.2, 0) is 4.79 Å². The van der Waals surface area contributed by atoms with E-state index in [2.05, 4.69) is 0 Å². The largest absolute Gasteiger partial charge is 0.330 e. The maximum absolute atomic E-state index is 11.8. The van der Waals surface area contributed by atoms with E-state index in [1.54, 1.807) is 0 Å². The zero-order valence-electron chi connectivity index (χ0n) is 10.4. The maximum Gasteiger partial charge on any atom is 0.278 e. The number of benzene rings is 1. The van der Waals surface area contributed by atoms with E-state index >= 15 is 0 Å². The molecule has 0 bridgehead atoms. The van der Waals surface area contributed by atoms with E-state index in [0.29, 0.717) is 13.1 Å². The van der Waals surface area contributed by atoms with E-state index in [4.69, 9.17) is 5.73 Å². The Labute approximate surface area is 113 Å². The number of nitro benzene ring substituents is 2. The Morgan fingerprint density at radius 2 is 1.75 bits per heavy atom. The standard InChI is InChI=1S/C11H12N4O5/c12-5-7-1-11(16)13(6-7)8-2-9(14(17)18)4-10(3-8)15(19)20/h2-4,7H,1,5-6,12H2. The second-order valence-electron chi connectivity index (χ2n) is 4.53. The number of hydrogen-bond donors (Lipinski definition) is 1. The summed E-state index contributed by atoms with van der Waals surface area (Å²) in [7, 11) is 0. The average Bonchev–Trinajstić information content (AvgIpc) is 2.79. The Kier molecular flexibility index (Phi) is 3.61. The van der Waals surface area contributed by atoms with Crippen LogP contribution in [0.2, 0.25) is 0 Å². The lowest BCUT2D eigenvalue weighted by Crippen LogP contribution is -2.25. The van der Waals surface area contributed by atoms with Crippen LogP contribution in [0.1, 0.15) is 6.42 Å². The average molecular weight is 280 g/mol. The molecule has 1 amide bonds. The molecule has 1 heterocycles. The van der Waals surface area contributed by atoms with Gasteiger partial charge in [-0.05, 0) is 12.5 Å². The van der Waals surface area contributed by atoms with Crippen molar-refractivity contribution >= 4 is 23.0 Å². The van der Waals surface area contributed by atoms with Crippen molar-refractivity contribution in [3.63, 3.8) is 0 Å². The van der Waals surface area contributed by atoms with Crippen molar-refractivity contribution in [2.24, 2.45) is 11.7 Å². The van der Waals surface area contributed by atoms with Crippen LogP contribution in [0, 0.1) is 26.1 Å². The van der Waals surface area contributed by atoms with E-state index in [0.717, 1.165) is 18.2 Å². The van der Waals surface area contributed by atoms with Crippen LogP contribution in [0.5, 0.6) is 0 Å². The highest BCUT2D eigenvalue weighted by molar-refractivity contribution is 5.96. The summed E-state index contributed by atoms with van der Waals surface area (Å²) < 4.78 is 0. The van der Waals surface area contributed by atoms with Crippen molar-refractivity contribution in [2.45, 2.75) is 6.42 Å². The molecule has 9 heteroatoms. The number of hydrogen-bond acceptors (Lipinski definition) is 6. The van der Waals surface area contributed by atoms with Gasteiger partial charge in [-0.3, -0.25) is 25.0 Å². The summed E-state index contributed by atoms with van der Waals surface area (Å²) in [6, 6.07) is 3.18. The van der Waals surface area contributed by atoms with E-state index in [9.17, 15) is 25.0 Å². The molecule has 20 heavy (non-hydrogen) atoms. The number of anilines is 1. The molecular formula is C11H12N4O5. The van der Waals surface area contributed by atoms with Gasteiger partial charge in [0.25, 0.3) is 11.4 Å². The molecule has 1 saturated heterocycles. The Morgan fingerprint density at radius 1 is 1.20 bits per heavy atom. The van der Waals surface area contributed by atoms with Crippen LogP contribution >= 0.6 is 0 Å². The van der Waals surface area contributed by atoms with Crippen molar-refractivity contribution in [3.05, 3.63) is 38.4 Å². The molecule has 0 saturated carbocycles. The first-order valence-electron chi connectivity index (χ1n) is 5.86. The van der Waals surface area contributed by atoms with Crippen molar-refractivity contribution in [1.82, 2.24) is 0 Å². The Balaban J connectivity index is 2.43. The van der Waals surface area contributed by atoms with Gasteiger partial charge in [-0.15, -0.1) is 0 Å². The van der Waals surface area contributed by atoms with Crippen LogP contribution in [0.15, 0.2) is 18.2 Å². The molecular weight excluding hydrogens is 268 g/mol. The van der Waals surface area contributed by atoms with Gasteiger partial charge in [-0.25, -0.2) is 0 Å². The lowest BCUT2D eigenvalue weighted by atomic mass is 10.1. The molecule has 106 valence electrons. The molecule has 1 fully saturated rings. The van der Waals surface area contributed by atoms with Gasteiger partial charge in [0.2, 0.25) is 5.91 Å². The van der Waals surface area contributed by atoms with Gasteiger partial charge in [0.15, 0.2) is 0 Å². The minimum Gasteiger partial charge on any atom is -0.330 e. The highest BCUT2D eigenvalue weighted by Gasteiger charge is 2.31. The monoisotopic (exact) mass is 280 g/mol. The molecule has 1 aliphatic rings. The number of rotatable bonds is 4. The fraction of sp³-hybridized carbons (Fsp3) is 0.364. The van der Waals surface area contributed by atoms with Gasteiger partial charge >= 0.3 is 0 Å². The van der Waals surface area contributed by atoms with Crippen LogP contribution in [0.3, 0.4) is 0 Å². The highest BCUT2D eigenvalue weighted by atomic mass is 16.6. The summed E-state index contributed by atoms with van der Waals surface area (Å²) in [5.41, 5.74) is 4.82. The summed E-state index contributed by atoms with van der Waals surface area (Å²) in [5, 5.41) is 21.6. The first-order chi connectivity index (χ1) is 9.42. The van der Waals surface area contributed by atoms with E-state index in [1.807, 2.05) is 0 Å². The zero-order chi connectivity index (χ0) is 14.9. The minimum atomic E-state index is -0.725. The van der Waals surface area contributed by atoms with Gasteiger partial charge in [0.05, 0.1) is 21.6 Å². The third kappa shape index (κ3) is 2.57. The van der Waals surface area contributed by atoms with E-state index in [1.165, 1.54) is 4.90 Å². The van der Waals surface area contributed by atoms with Crippen LogP contribution < -0.4 is 10.6 Å². The van der Waals surface area contributed by atoms with Crippen LogP contribution in [0.25, 0.3) is 0 Å². The lowest BCUT2D eigenvalue weighted by molar-refractivity contribution is -0.394. The van der Waals surface area contributed by atoms with Crippen molar-refractivity contribution in [2.75, 3.05) is 18.0 Å². The number of nitrogens with two attached hydrogens (primary N) is 1. The quantitative estimate of drug-likeness (QED) is 0.641. The molecule has 9 nitrogen and oxygen atoms in total. The zero-order valence-corrected chi connectivity index (χ0v) is 10.4. The van der Waals surface area contributed by atoms with Gasteiger partial charge in [0, 0.05) is 25.1 Å². The number of carbonyl (C=O) groups is 1. The molecule has 0 spiro atoms. The van der Waals surface area contributed by atoms with Crippen molar-refractivity contribution < 1.29 is 14.6 Å². The molecule has 1 unspecified atom stereocenters. The molecule has 1 aliphatic heterocycles. The number of nitro groups is 2. The van der Waals surface area contributed by atoms with Gasteiger partial charge in [-0.1, -0.05) is 0 Å². The minimum absolute atomic E-state index is 0.0409. The van der Waals surface area contributed by atoms with E-state index < -0.39 is 21.2 Å².